The Morgan fingerprint density at radius 1 is 1.14 bits per heavy atom. The van der Waals surface area contributed by atoms with Gasteiger partial charge in [0.2, 0.25) is 0 Å². The van der Waals surface area contributed by atoms with Crippen LogP contribution in [0.2, 0.25) is 0 Å². The van der Waals surface area contributed by atoms with E-state index in [1.165, 1.54) is 5.56 Å². The molecule has 1 aromatic carbocycles. The molecule has 116 valence electrons. The lowest BCUT2D eigenvalue weighted by Crippen LogP contribution is -2.35. The molecular weight excluding hydrogens is 260 g/mol. The maximum Gasteiger partial charge on any atom is 0.123 e. The number of nitrogens with one attached hydrogen (secondary N) is 1. The van der Waals surface area contributed by atoms with Gasteiger partial charge < -0.3 is 10.1 Å². The number of rotatable bonds is 7. The van der Waals surface area contributed by atoms with E-state index in [-0.39, 0.29) is 11.0 Å². The highest BCUT2D eigenvalue weighted by Crippen LogP contribution is 2.22. The molecule has 0 aliphatic heterocycles. The van der Waals surface area contributed by atoms with Gasteiger partial charge >= 0.3 is 0 Å². The predicted octanol–water partition coefficient (Wildman–Crippen LogP) is 4.28. The topological polar surface area (TPSA) is 45.0 Å². The first kappa shape index (κ1) is 17.5. The SMILES string of the molecule is CC(C)(C#N)CCCOc1ccccc1CNC(C)(C)C. The highest BCUT2D eigenvalue weighted by molar-refractivity contribution is 5.33. The van der Waals surface area contributed by atoms with Crippen molar-refractivity contribution in [3.8, 4) is 11.8 Å². The van der Waals surface area contributed by atoms with Crippen molar-refractivity contribution in [2.45, 2.75) is 59.5 Å². The van der Waals surface area contributed by atoms with Gasteiger partial charge in [0, 0.05) is 17.6 Å². The largest absolute Gasteiger partial charge is 0.493 e. The summed E-state index contributed by atoms with van der Waals surface area (Å²) in [6.45, 7) is 11.8. The molecule has 0 heterocycles. The number of para-hydroxylation sites is 1. The van der Waals surface area contributed by atoms with E-state index in [4.69, 9.17) is 10.00 Å². The minimum atomic E-state index is -0.267. The van der Waals surface area contributed by atoms with Crippen molar-refractivity contribution in [2.24, 2.45) is 5.41 Å². The predicted molar refractivity (Wildman–Crippen MR) is 87.2 cm³/mol. The standard InChI is InChI=1S/C18H28N2O/c1-17(2,3)20-13-15-9-6-7-10-16(15)21-12-8-11-18(4,5)14-19/h6-7,9-10,20H,8,11-13H2,1-5H3. The molecule has 0 spiro atoms. The quantitative estimate of drug-likeness (QED) is 0.761. The Hall–Kier alpha value is -1.53. The fourth-order valence-corrected chi connectivity index (χ4v) is 1.90. The first-order valence-corrected chi connectivity index (χ1v) is 7.60. The van der Waals surface area contributed by atoms with Crippen LogP contribution < -0.4 is 10.1 Å². The monoisotopic (exact) mass is 288 g/mol. The van der Waals surface area contributed by atoms with E-state index < -0.39 is 0 Å². The van der Waals surface area contributed by atoms with Crippen molar-refractivity contribution in [3.63, 3.8) is 0 Å². The maximum absolute atomic E-state index is 9.00. The Kier molecular flexibility index (Phi) is 6.23. The first-order valence-electron chi connectivity index (χ1n) is 7.60. The van der Waals surface area contributed by atoms with Crippen LogP contribution in [-0.4, -0.2) is 12.1 Å². The third-order valence-electron chi connectivity index (χ3n) is 3.29. The van der Waals surface area contributed by atoms with Crippen molar-refractivity contribution in [1.82, 2.24) is 5.32 Å². The summed E-state index contributed by atoms with van der Waals surface area (Å²) in [6, 6.07) is 10.5. The van der Waals surface area contributed by atoms with Crippen molar-refractivity contribution >= 4 is 0 Å². The molecule has 0 fully saturated rings. The van der Waals surface area contributed by atoms with Gasteiger partial charge in [0.15, 0.2) is 0 Å². The van der Waals surface area contributed by atoms with Gasteiger partial charge in [-0.3, -0.25) is 0 Å². The van der Waals surface area contributed by atoms with Crippen LogP contribution in [0.5, 0.6) is 5.75 Å². The summed E-state index contributed by atoms with van der Waals surface area (Å²) < 4.78 is 5.89. The lowest BCUT2D eigenvalue weighted by molar-refractivity contribution is 0.280. The first-order chi connectivity index (χ1) is 9.73. The van der Waals surface area contributed by atoms with E-state index in [9.17, 15) is 0 Å². The zero-order valence-electron chi connectivity index (χ0n) is 14.0. The van der Waals surface area contributed by atoms with Gasteiger partial charge in [-0.15, -0.1) is 0 Å². The van der Waals surface area contributed by atoms with Gasteiger partial charge in [0.05, 0.1) is 18.1 Å². The van der Waals surface area contributed by atoms with Crippen LogP contribution in [0.15, 0.2) is 24.3 Å². The van der Waals surface area contributed by atoms with E-state index in [1.54, 1.807) is 0 Å². The number of hydrogen-bond donors (Lipinski definition) is 1. The van der Waals surface area contributed by atoms with Crippen LogP contribution in [0, 0.1) is 16.7 Å². The van der Waals surface area contributed by atoms with E-state index >= 15 is 0 Å². The second-order valence-corrected chi connectivity index (χ2v) is 7.16. The molecular formula is C18H28N2O. The van der Waals surface area contributed by atoms with Gasteiger partial charge in [0.25, 0.3) is 0 Å². The van der Waals surface area contributed by atoms with Crippen LogP contribution >= 0.6 is 0 Å². The van der Waals surface area contributed by atoms with Crippen LogP contribution in [0.1, 0.15) is 53.0 Å². The lowest BCUT2D eigenvalue weighted by atomic mass is 9.90. The molecule has 1 rings (SSSR count). The van der Waals surface area contributed by atoms with Gasteiger partial charge in [-0.25, -0.2) is 0 Å². The Balaban J connectivity index is 2.50. The molecule has 0 saturated heterocycles. The Morgan fingerprint density at radius 2 is 1.81 bits per heavy atom. The second kappa shape index (κ2) is 7.47. The van der Waals surface area contributed by atoms with Gasteiger partial charge in [-0.2, -0.15) is 5.26 Å². The summed E-state index contributed by atoms with van der Waals surface area (Å²) in [5.74, 6) is 0.934. The van der Waals surface area contributed by atoms with E-state index in [2.05, 4.69) is 38.2 Å². The van der Waals surface area contributed by atoms with Crippen molar-refractivity contribution in [1.29, 1.82) is 5.26 Å². The van der Waals surface area contributed by atoms with Crippen LogP contribution in [0.4, 0.5) is 0 Å². The van der Waals surface area contributed by atoms with Crippen molar-refractivity contribution in [3.05, 3.63) is 29.8 Å². The summed E-state index contributed by atoms with van der Waals surface area (Å²) >= 11 is 0. The molecule has 0 atom stereocenters. The zero-order valence-corrected chi connectivity index (χ0v) is 14.0. The Bertz CT molecular complexity index is 481. The van der Waals surface area contributed by atoms with Crippen molar-refractivity contribution in [2.75, 3.05) is 6.61 Å². The van der Waals surface area contributed by atoms with Gasteiger partial charge in [-0.05, 0) is 53.5 Å². The number of nitrogens with zero attached hydrogens (tertiary/aromatic N) is 1. The van der Waals surface area contributed by atoms with Crippen molar-refractivity contribution < 1.29 is 4.74 Å². The van der Waals surface area contributed by atoms with Gasteiger partial charge in [-0.1, -0.05) is 18.2 Å². The summed E-state index contributed by atoms with van der Waals surface area (Å²) in [6.07, 6.45) is 1.74. The highest BCUT2D eigenvalue weighted by atomic mass is 16.5. The zero-order chi connectivity index (χ0) is 15.9. The Morgan fingerprint density at radius 3 is 2.43 bits per heavy atom. The molecule has 3 heteroatoms. The average Bonchev–Trinajstić information content (AvgIpc) is 2.41. The number of benzene rings is 1. The van der Waals surface area contributed by atoms with Crippen LogP contribution in [-0.2, 0) is 6.54 Å². The molecule has 0 aliphatic rings. The second-order valence-electron chi connectivity index (χ2n) is 7.16. The van der Waals surface area contributed by atoms with E-state index in [0.717, 1.165) is 25.1 Å². The number of nitriles is 1. The molecule has 0 aromatic heterocycles. The van der Waals surface area contributed by atoms with Crippen LogP contribution in [0.25, 0.3) is 0 Å². The fraction of sp³-hybridized carbons (Fsp3) is 0.611. The normalized spacial score (nSPS) is 12.0. The Labute approximate surface area is 129 Å². The molecule has 3 nitrogen and oxygen atoms in total. The molecule has 0 saturated carbocycles. The third kappa shape index (κ3) is 7.15. The molecule has 0 bridgehead atoms. The van der Waals surface area contributed by atoms with E-state index in [0.29, 0.717) is 6.61 Å². The molecule has 0 radical (unpaired) electrons. The lowest BCUT2D eigenvalue weighted by Gasteiger charge is -2.22. The molecule has 0 unspecified atom stereocenters. The molecule has 1 aromatic rings. The summed E-state index contributed by atoms with van der Waals surface area (Å²) in [4.78, 5) is 0. The molecule has 1 N–H and O–H groups in total. The number of ether oxygens (including phenoxy) is 1. The molecule has 0 amide bonds. The summed E-state index contributed by atoms with van der Waals surface area (Å²) in [5, 5.41) is 12.5. The fourth-order valence-electron chi connectivity index (χ4n) is 1.90. The molecule has 21 heavy (non-hydrogen) atoms. The summed E-state index contributed by atoms with van der Waals surface area (Å²) in [5.41, 5.74) is 0.993. The van der Waals surface area contributed by atoms with Gasteiger partial charge in [0.1, 0.15) is 5.75 Å². The molecule has 0 aliphatic carbocycles. The minimum absolute atomic E-state index is 0.0872. The average molecular weight is 288 g/mol. The summed E-state index contributed by atoms with van der Waals surface area (Å²) in [7, 11) is 0. The maximum atomic E-state index is 9.00. The van der Waals surface area contributed by atoms with E-state index in [1.807, 2.05) is 32.0 Å². The smallest absolute Gasteiger partial charge is 0.123 e. The number of hydrogen-bond acceptors (Lipinski definition) is 3. The third-order valence-corrected chi connectivity index (χ3v) is 3.29. The minimum Gasteiger partial charge on any atom is -0.493 e. The van der Waals surface area contributed by atoms with Crippen LogP contribution in [0.3, 0.4) is 0 Å². The highest BCUT2D eigenvalue weighted by Gasteiger charge is 2.16.